The molecular weight excluding hydrogens is 438 g/mol. The summed E-state index contributed by atoms with van der Waals surface area (Å²) in [5.41, 5.74) is 6.90. The molecule has 1 atom stereocenters. The van der Waals surface area contributed by atoms with Crippen LogP contribution in [0.5, 0.6) is 5.75 Å². The summed E-state index contributed by atoms with van der Waals surface area (Å²) < 4.78 is 5.38. The standard InChI is InChI=1S/C26H24ClN3OS/c1-16-5-3-4-6-22(16)29-26(32)30-14-13-20-21-15-18(27)9-12-23(21)28-24(20)25(30)17-7-10-19(31-2)11-8-17/h3-12,15,25,28H,13-14H2,1-2H3,(H,29,32). The van der Waals surface area contributed by atoms with Crippen LogP contribution in [0.1, 0.15) is 28.4 Å². The second-order valence-corrected chi connectivity index (χ2v) is 8.89. The van der Waals surface area contributed by atoms with E-state index in [0.29, 0.717) is 5.11 Å². The highest BCUT2D eigenvalue weighted by molar-refractivity contribution is 7.80. The van der Waals surface area contributed by atoms with Gasteiger partial charge in [-0.05, 0) is 78.7 Å². The van der Waals surface area contributed by atoms with Crippen LogP contribution in [0.25, 0.3) is 10.9 Å². The summed E-state index contributed by atoms with van der Waals surface area (Å²) in [5, 5.41) is 6.12. The summed E-state index contributed by atoms with van der Waals surface area (Å²) in [6.45, 7) is 2.89. The number of ether oxygens (including phenoxy) is 1. The minimum absolute atomic E-state index is 0.0418. The van der Waals surface area contributed by atoms with Crippen molar-refractivity contribution in [1.82, 2.24) is 9.88 Å². The molecule has 1 aliphatic rings. The summed E-state index contributed by atoms with van der Waals surface area (Å²) in [6, 6.07) is 22.4. The van der Waals surface area contributed by atoms with Gasteiger partial charge in [-0.25, -0.2) is 0 Å². The Morgan fingerprint density at radius 3 is 2.66 bits per heavy atom. The number of thiocarbonyl (C=S) groups is 1. The normalized spacial score (nSPS) is 15.5. The van der Waals surface area contributed by atoms with Crippen LogP contribution in [0.15, 0.2) is 66.7 Å². The Hall–Kier alpha value is -3.02. The third-order valence-electron chi connectivity index (χ3n) is 6.17. The van der Waals surface area contributed by atoms with Crippen molar-refractivity contribution in [1.29, 1.82) is 0 Å². The van der Waals surface area contributed by atoms with Gasteiger partial charge in [-0.15, -0.1) is 0 Å². The van der Waals surface area contributed by atoms with Gasteiger partial charge in [0, 0.05) is 33.9 Å². The molecule has 0 radical (unpaired) electrons. The lowest BCUT2D eigenvalue weighted by Crippen LogP contribution is -2.42. The number of halogens is 1. The average molecular weight is 462 g/mol. The van der Waals surface area contributed by atoms with E-state index in [1.54, 1.807) is 7.11 Å². The Balaban J connectivity index is 1.59. The van der Waals surface area contributed by atoms with E-state index in [0.717, 1.165) is 51.8 Å². The predicted molar refractivity (Wildman–Crippen MR) is 136 cm³/mol. The number of anilines is 1. The second-order valence-electron chi connectivity index (χ2n) is 8.07. The third-order valence-corrected chi connectivity index (χ3v) is 6.74. The van der Waals surface area contributed by atoms with E-state index < -0.39 is 0 Å². The Morgan fingerprint density at radius 2 is 1.91 bits per heavy atom. The molecule has 1 aromatic heterocycles. The van der Waals surface area contributed by atoms with Crippen LogP contribution in [0.4, 0.5) is 5.69 Å². The molecule has 162 valence electrons. The highest BCUT2D eigenvalue weighted by Crippen LogP contribution is 2.39. The van der Waals surface area contributed by atoms with Gasteiger partial charge in [0.15, 0.2) is 5.11 Å². The minimum Gasteiger partial charge on any atom is -0.497 e. The molecule has 0 saturated heterocycles. The molecular formula is C26H24ClN3OS. The molecule has 3 aromatic carbocycles. The molecule has 1 aliphatic heterocycles. The lowest BCUT2D eigenvalue weighted by Gasteiger charge is -2.38. The van der Waals surface area contributed by atoms with E-state index in [-0.39, 0.29) is 6.04 Å². The summed E-state index contributed by atoms with van der Waals surface area (Å²) in [6.07, 6.45) is 0.887. The van der Waals surface area contributed by atoms with E-state index >= 15 is 0 Å². The third kappa shape index (κ3) is 3.72. The molecule has 1 unspecified atom stereocenters. The fourth-order valence-corrected chi connectivity index (χ4v) is 4.99. The fraction of sp³-hybridized carbons (Fsp3) is 0.192. The molecule has 0 amide bonds. The molecule has 32 heavy (non-hydrogen) atoms. The highest BCUT2D eigenvalue weighted by atomic mass is 35.5. The molecule has 0 saturated carbocycles. The maximum Gasteiger partial charge on any atom is 0.174 e. The van der Waals surface area contributed by atoms with Crippen molar-refractivity contribution in [3.05, 3.63) is 94.1 Å². The van der Waals surface area contributed by atoms with E-state index in [4.69, 9.17) is 28.6 Å². The summed E-state index contributed by atoms with van der Waals surface area (Å²) in [4.78, 5) is 5.93. The van der Waals surface area contributed by atoms with Crippen molar-refractivity contribution < 1.29 is 4.74 Å². The van der Waals surface area contributed by atoms with Gasteiger partial charge in [0.25, 0.3) is 0 Å². The molecule has 4 nitrogen and oxygen atoms in total. The van der Waals surface area contributed by atoms with Crippen molar-refractivity contribution in [3.8, 4) is 5.75 Å². The van der Waals surface area contributed by atoms with Crippen LogP contribution in [0.3, 0.4) is 0 Å². The van der Waals surface area contributed by atoms with Gasteiger partial charge in [0.2, 0.25) is 0 Å². The average Bonchev–Trinajstić information content (AvgIpc) is 3.18. The van der Waals surface area contributed by atoms with Gasteiger partial charge in [-0.1, -0.05) is 41.9 Å². The number of aromatic amines is 1. The van der Waals surface area contributed by atoms with Crippen molar-refractivity contribution >= 4 is 45.5 Å². The number of nitrogens with one attached hydrogen (secondary N) is 2. The van der Waals surface area contributed by atoms with E-state index in [1.165, 1.54) is 10.9 Å². The molecule has 4 aromatic rings. The highest BCUT2D eigenvalue weighted by Gasteiger charge is 2.33. The number of fused-ring (bicyclic) bond motifs is 3. The van der Waals surface area contributed by atoms with Gasteiger partial charge < -0.3 is 19.9 Å². The number of hydrogen-bond donors (Lipinski definition) is 2. The molecule has 0 aliphatic carbocycles. The number of aryl methyl sites for hydroxylation is 1. The molecule has 2 heterocycles. The fourth-order valence-electron chi connectivity index (χ4n) is 4.51. The maximum atomic E-state index is 6.32. The van der Waals surface area contributed by atoms with Gasteiger partial charge in [-0.3, -0.25) is 0 Å². The quantitative estimate of drug-likeness (QED) is 0.342. The van der Waals surface area contributed by atoms with Gasteiger partial charge in [0.05, 0.1) is 13.2 Å². The van der Waals surface area contributed by atoms with Crippen molar-refractivity contribution in [3.63, 3.8) is 0 Å². The predicted octanol–water partition coefficient (Wildman–Crippen LogP) is 6.48. The van der Waals surface area contributed by atoms with Crippen LogP contribution >= 0.6 is 23.8 Å². The van der Waals surface area contributed by atoms with Crippen molar-refractivity contribution in [2.45, 2.75) is 19.4 Å². The largest absolute Gasteiger partial charge is 0.497 e. The smallest absolute Gasteiger partial charge is 0.174 e. The van der Waals surface area contributed by atoms with Crippen LogP contribution in [0, 0.1) is 6.92 Å². The number of aromatic nitrogens is 1. The summed E-state index contributed by atoms with van der Waals surface area (Å²) in [7, 11) is 1.68. The van der Waals surface area contributed by atoms with Gasteiger partial charge in [-0.2, -0.15) is 0 Å². The van der Waals surface area contributed by atoms with E-state index in [1.807, 2.05) is 30.3 Å². The van der Waals surface area contributed by atoms with E-state index in [2.05, 4.69) is 58.5 Å². The van der Waals surface area contributed by atoms with Gasteiger partial charge in [0.1, 0.15) is 5.75 Å². The number of para-hydroxylation sites is 1. The first-order chi connectivity index (χ1) is 15.5. The Morgan fingerprint density at radius 1 is 1.12 bits per heavy atom. The van der Waals surface area contributed by atoms with Crippen LogP contribution < -0.4 is 10.1 Å². The van der Waals surface area contributed by atoms with E-state index in [9.17, 15) is 0 Å². The Kier molecular flexibility index (Phi) is 5.53. The number of methoxy groups -OCH3 is 1. The zero-order valence-corrected chi connectivity index (χ0v) is 19.6. The van der Waals surface area contributed by atoms with Gasteiger partial charge >= 0.3 is 0 Å². The molecule has 2 N–H and O–H groups in total. The number of nitrogens with zero attached hydrogens (tertiary/aromatic N) is 1. The number of hydrogen-bond acceptors (Lipinski definition) is 2. The van der Waals surface area contributed by atoms with Crippen LogP contribution in [0.2, 0.25) is 5.02 Å². The van der Waals surface area contributed by atoms with Crippen molar-refractivity contribution in [2.75, 3.05) is 19.0 Å². The molecule has 5 rings (SSSR count). The second kappa shape index (κ2) is 8.49. The minimum atomic E-state index is -0.0418. The SMILES string of the molecule is COc1ccc(C2c3[nH]c4ccc(Cl)cc4c3CCN2C(=S)Nc2ccccc2C)cc1. The first-order valence-electron chi connectivity index (χ1n) is 10.6. The lowest BCUT2D eigenvalue weighted by molar-refractivity contribution is 0.339. The zero-order chi connectivity index (χ0) is 22.2. The van der Waals surface area contributed by atoms with Crippen LogP contribution in [-0.2, 0) is 6.42 Å². The van der Waals surface area contributed by atoms with Crippen molar-refractivity contribution in [2.24, 2.45) is 0 Å². The Bertz CT molecular complexity index is 1300. The molecule has 6 heteroatoms. The number of H-pyrrole nitrogens is 1. The first-order valence-corrected chi connectivity index (χ1v) is 11.4. The Labute approximate surface area is 198 Å². The zero-order valence-electron chi connectivity index (χ0n) is 18.0. The lowest BCUT2D eigenvalue weighted by atomic mass is 9.92. The summed E-state index contributed by atoms with van der Waals surface area (Å²) in [5.74, 6) is 0.834. The molecule has 0 fully saturated rings. The molecule has 0 bridgehead atoms. The monoisotopic (exact) mass is 461 g/mol. The van der Waals surface area contributed by atoms with Crippen LogP contribution in [-0.4, -0.2) is 28.7 Å². The first kappa shape index (κ1) is 20.9. The number of rotatable bonds is 3. The molecule has 0 spiro atoms. The topological polar surface area (TPSA) is 40.3 Å². The maximum absolute atomic E-state index is 6.32. The summed E-state index contributed by atoms with van der Waals surface area (Å²) >= 11 is 12.2. The number of benzene rings is 3.